The zero-order valence-corrected chi connectivity index (χ0v) is 18.3. The van der Waals surface area contributed by atoms with Crippen molar-refractivity contribution < 1.29 is 27.5 Å². The van der Waals surface area contributed by atoms with Crippen molar-refractivity contribution in [3.63, 3.8) is 0 Å². The lowest BCUT2D eigenvalue weighted by molar-refractivity contribution is -0.128. The van der Waals surface area contributed by atoms with Crippen molar-refractivity contribution in [2.24, 2.45) is 5.41 Å². The van der Waals surface area contributed by atoms with Crippen molar-refractivity contribution in [1.82, 2.24) is 14.1 Å². The second kappa shape index (κ2) is 7.42. The van der Waals surface area contributed by atoms with Crippen LogP contribution >= 0.6 is 0 Å². The molecule has 1 unspecified atom stereocenters. The highest BCUT2D eigenvalue weighted by Crippen LogP contribution is 2.47. The van der Waals surface area contributed by atoms with E-state index in [9.17, 15) is 18.0 Å². The number of amides is 3. The molecule has 3 aliphatic rings. The van der Waals surface area contributed by atoms with E-state index in [2.05, 4.69) is 0 Å². The van der Waals surface area contributed by atoms with Crippen LogP contribution in [0.3, 0.4) is 0 Å². The van der Waals surface area contributed by atoms with Crippen molar-refractivity contribution in [2.45, 2.75) is 37.1 Å². The zero-order valence-electron chi connectivity index (χ0n) is 17.5. The number of nitrogens with zero attached hydrogens (tertiary/aromatic N) is 3. The number of carbonyl (C=O) groups is 2. The number of hydrogen-bond donors (Lipinski definition) is 0. The first-order chi connectivity index (χ1) is 14.3. The summed E-state index contributed by atoms with van der Waals surface area (Å²) in [6.45, 7) is 3.36. The fourth-order valence-electron chi connectivity index (χ4n) is 4.89. The van der Waals surface area contributed by atoms with Gasteiger partial charge >= 0.3 is 6.03 Å². The standard InChI is InChI=1S/C20H27N3O6S/c1-4-22-18(24)15-12-20(13-23(15)19(22)25)7-9-21(10-8-20)30(26,27)17-11-14(28-2)5-6-16(17)29-3/h5-6,11,15H,4,7-10,12-13H2,1-3H3. The Balaban J connectivity index is 1.51. The maximum atomic E-state index is 13.3. The smallest absolute Gasteiger partial charge is 0.327 e. The Kier molecular flexibility index (Phi) is 5.17. The lowest BCUT2D eigenvalue weighted by atomic mass is 9.77. The fourth-order valence-corrected chi connectivity index (χ4v) is 6.50. The minimum Gasteiger partial charge on any atom is -0.497 e. The summed E-state index contributed by atoms with van der Waals surface area (Å²) in [5.41, 5.74) is -0.208. The van der Waals surface area contributed by atoms with Gasteiger partial charge in [-0.1, -0.05) is 0 Å². The molecule has 0 saturated carbocycles. The molecule has 10 heteroatoms. The van der Waals surface area contributed by atoms with Crippen LogP contribution in [0.25, 0.3) is 0 Å². The van der Waals surface area contributed by atoms with E-state index in [1.165, 1.54) is 29.5 Å². The first-order valence-electron chi connectivity index (χ1n) is 10.1. The number of fused-ring (bicyclic) bond motifs is 1. The maximum absolute atomic E-state index is 13.3. The molecule has 0 bridgehead atoms. The summed E-state index contributed by atoms with van der Waals surface area (Å²) in [4.78, 5) is 28.1. The molecule has 1 atom stereocenters. The Morgan fingerprint density at radius 1 is 1.13 bits per heavy atom. The molecular weight excluding hydrogens is 410 g/mol. The first-order valence-corrected chi connectivity index (χ1v) is 11.5. The number of benzene rings is 1. The molecule has 1 aromatic rings. The average molecular weight is 438 g/mol. The largest absolute Gasteiger partial charge is 0.497 e. The minimum absolute atomic E-state index is 0.0799. The predicted octanol–water partition coefficient (Wildman–Crippen LogP) is 1.53. The van der Waals surface area contributed by atoms with E-state index in [0.29, 0.717) is 51.2 Å². The normalized spacial score (nSPS) is 23.9. The first kappa shape index (κ1) is 20.9. The van der Waals surface area contributed by atoms with Crippen molar-refractivity contribution >= 4 is 22.0 Å². The Morgan fingerprint density at radius 2 is 1.83 bits per heavy atom. The summed E-state index contributed by atoms with van der Waals surface area (Å²) in [7, 11) is -0.844. The van der Waals surface area contributed by atoms with Crippen LogP contribution in [-0.4, -0.2) is 80.9 Å². The zero-order chi connectivity index (χ0) is 21.7. The number of carbonyl (C=O) groups excluding carboxylic acids is 2. The van der Waals surface area contributed by atoms with Crippen LogP contribution in [0.4, 0.5) is 4.79 Å². The molecule has 1 spiro atoms. The van der Waals surface area contributed by atoms with Crippen LogP contribution in [0.1, 0.15) is 26.2 Å². The van der Waals surface area contributed by atoms with E-state index in [1.54, 1.807) is 24.0 Å². The Labute approximate surface area is 176 Å². The minimum atomic E-state index is -3.76. The monoisotopic (exact) mass is 437 g/mol. The molecule has 9 nitrogen and oxygen atoms in total. The van der Waals surface area contributed by atoms with Crippen molar-refractivity contribution in [3.05, 3.63) is 18.2 Å². The second-order valence-corrected chi connectivity index (χ2v) is 10.0. The van der Waals surface area contributed by atoms with Gasteiger partial charge < -0.3 is 14.4 Å². The van der Waals surface area contributed by atoms with Crippen LogP contribution in [0.15, 0.2) is 23.1 Å². The molecule has 1 aromatic carbocycles. The Hall–Kier alpha value is -2.33. The number of methoxy groups -OCH3 is 2. The molecule has 3 aliphatic heterocycles. The average Bonchev–Trinajstić information content (AvgIpc) is 3.22. The quantitative estimate of drug-likeness (QED) is 0.648. The van der Waals surface area contributed by atoms with E-state index < -0.39 is 16.1 Å². The van der Waals surface area contributed by atoms with Gasteiger partial charge in [-0.3, -0.25) is 9.69 Å². The van der Waals surface area contributed by atoms with Gasteiger partial charge in [-0.15, -0.1) is 0 Å². The number of likely N-dealkylation sites (N-methyl/N-ethyl adjacent to an activating group) is 1. The molecule has 164 valence electrons. The molecular formula is C20H27N3O6S. The van der Waals surface area contributed by atoms with Gasteiger partial charge in [0.25, 0.3) is 5.91 Å². The molecule has 3 fully saturated rings. The van der Waals surface area contributed by atoms with E-state index >= 15 is 0 Å². The molecule has 0 aliphatic carbocycles. The van der Waals surface area contributed by atoms with E-state index in [-0.39, 0.29) is 28.0 Å². The highest BCUT2D eigenvalue weighted by molar-refractivity contribution is 7.89. The van der Waals surface area contributed by atoms with Gasteiger partial charge in [-0.2, -0.15) is 4.31 Å². The van der Waals surface area contributed by atoms with Crippen LogP contribution < -0.4 is 9.47 Å². The fraction of sp³-hybridized carbons (Fsp3) is 0.600. The number of imide groups is 1. The molecule has 3 heterocycles. The summed E-state index contributed by atoms with van der Waals surface area (Å²) >= 11 is 0. The molecule has 4 rings (SSSR count). The maximum Gasteiger partial charge on any atom is 0.327 e. The summed E-state index contributed by atoms with van der Waals surface area (Å²) < 4.78 is 38.5. The Morgan fingerprint density at radius 3 is 2.40 bits per heavy atom. The van der Waals surface area contributed by atoms with Crippen LogP contribution in [0, 0.1) is 5.41 Å². The molecule has 0 radical (unpaired) electrons. The SMILES string of the molecule is CCN1C(=O)C2CC3(CCN(S(=O)(=O)c4cc(OC)ccc4OC)CC3)CN2C1=O. The molecule has 30 heavy (non-hydrogen) atoms. The number of ether oxygens (including phenoxy) is 2. The van der Waals surface area contributed by atoms with Crippen LogP contribution in [0.5, 0.6) is 11.5 Å². The molecule has 0 aromatic heterocycles. The summed E-state index contributed by atoms with van der Waals surface area (Å²) in [6.07, 6.45) is 1.82. The van der Waals surface area contributed by atoms with Crippen LogP contribution in [-0.2, 0) is 14.8 Å². The summed E-state index contributed by atoms with van der Waals surface area (Å²) in [5, 5.41) is 0. The van der Waals surface area contributed by atoms with Gasteiger partial charge in [0.15, 0.2) is 0 Å². The second-order valence-electron chi connectivity index (χ2n) is 8.13. The van der Waals surface area contributed by atoms with Gasteiger partial charge in [-0.25, -0.2) is 13.2 Å². The van der Waals surface area contributed by atoms with Crippen LogP contribution in [0.2, 0.25) is 0 Å². The van der Waals surface area contributed by atoms with Crippen molar-refractivity contribution in [1.29, 1.82) is 0 Å². The highest BCUT2D eigenvalue weighted by atomic mass is 32.2. The number of hydrogen-bond acceptors (Lipinski definition) is 6. The number of piperidine rings is 1. The van der Waals surface area contributed by atoms with Gasteiger partial charge in [0.1, 0.15) is 22.4 Å². The predicted molar refractivity (Wildman–Crippen MR) is 108 cm³/mol. The Bertz CT molecular complexity index is 945. The third-order valence-electron chi connectivity index (χ3n) is 6.62. The molecule has 3 amide bonds. The number of sulfonamides is 1. The van der Waals surface area contributed by atoms with Gasteiger partial charge in [0.05, 0.1) is 14.2 Å². The van der Waals surface area contributed by atoms with Gasteiger partial charge in [0.2, 0.25) is 10.0 Å². The van der Waals surface area contributed by atoms with Crippen molar-refractivity contribution in [3.8, 4) is 11.5 Å². The van der Waals surface area contributed by atoms with E-state index in [0.717, 1.165) is 0 Å². The highest BCUT2D eigenvalue weighted by Gasteiger charge is 2.56. The van der Waals surface area contributed by atoms with E-state index in [1.807, 2.05) is 0 Å². The topological polar surface area (TPSA) is 96.5 Å². The van der Waals surface area contributed by atoms with E-state index in [4.69, 9.17) is 9.47 Å². The summed E-state index contributed by atoms with van der Waals surface area (Å²) in [6, 6.07) is 4.09. The lowest BCUT2D eigenvalue weighted by Crippen LogP contribution is -2.45. The third-order valence-corrected chi connectivity index (χ3v) is 8.54. The van der Waals surface area contributed by atoms with Gasteiger partial charge in [-0.05, 0) is 43.7 Å². The summed E-state index contributed by atoms with van der Waals surface area (Å²) in [5.74, 6) is 0.584. The lowest BCUT2D eigenvalue weighted by Gasteiger charge is -2.39. The number of urea groups is 1. The molecule has 0 N–H and O–H groups in total. The van der Waals surface area contributed by atoms with Gasteiger partial charge in [0, 0.05) is 32.2 Å². The third kappa shape index (κ3) is 3.13. The van der Waals surface area contributed by atoms with Crippen molar-refractivity contribution in [2.75, 3.05) is 40.4 Å². The number of rotatable bonds is 5. The molecule has 3 saturated heterocycles.